The summed E-state index contributed by atoms with van der Waals surface area (Å²) in [5.74, 6) is 11.5. The summed E-state index contributed by atoms with van der Waals surface area (Å²) in [6.07, 6.45) is 9.64. The molecular formula is C24H34. The Labute approximate surface area is 147 Å². The number of hydrogen-bond donors (Lipinski definition) is 0. The minimum absolute atomic E-state index is 0.745. The Bertz CT molecular complexity index is 653. The fraction of sp³-hybridized carbons (Fsp3) is 1.00. The second-order valence-electron chi connectivity index (χ2n) is 12.8. The van der Waals surface area contributed by atoms with Gasteiger partial charge in [0.2, 0.25) is 0 Å². The summed E-state index contributed by atoms with van der Waals surface area (Å²) in [5.41, 5.74) is 3.01. The molecule has 0 spiro atoms. The lowest BCUT2D eigenvalue weighted by molar-refractivity contribution is -0.326. The topological polar surface area (TPSA) is 0 Å². The standard InChI is InChI=1S/C24H34/c1-21-12-6-5-7-13(12)22(21,2)17-10-16(21)19-20(17)24(4)15-9-11-8-14(18(11)15)23(19,24)3/h11-20H,5-10H2,1-4H3. The summed E-state index contributed by atoms with van der Waals surface area (Å²) in [7, 11) is 0. The van der Waals surface area contributed by atoms with Gasteiger partial charge in [-0.2, -0.15) is 0 Å². The third-order valence-corrected chi connectivity index (χ3v) is 14.2. The van der Waals surface area contributed by atoms with Gasteiger partial charge in [0.05, 0.1) is 0 Å². The Kier molecular flexibility index (Phi) is 1.70. The van der Waals surface area contributed by atoms with E-state index in [9.17, 15) is 0 Å². The second-order valence-corrected chi connectivity index (χ2v) is 12.8. The van der Waals surface area contributed by atoms with Crippen LogP contribution in [-0.4, -0.2) is 0 Å². The molecule has 8 rings (SSSR count). The number of hydrogen-bond acceptors (Lipinski definition) is 0. The molecule has 8 aliphatic rings. The van der Waals surface area contributed by atoms with Crippen molar-refractivity contribution in [2.75, 3.05) is 0 Å². The first-order valence-electron chi connectivity index (χ1n) is 11.4. The quantitative estimate of drug-likeness (QED) is 0.508. The first kappa shape index (κ1) is 13.2. The number of rotatable bonds is 0. The van der Waals surface area contributed by atoms with E-state index < -0.39 is 0 Å². The molecule has 0 aromatic heterocycles. The molecule has 0 aromatic rings. The summed E-state index contributed by atoms with van der Waals surface area (Å²) in [4.78, 5) is 0. The van der Waals surface area contributed by atoms with E-state index in [0.717, 1.165) is 69.0 Å². The van der Waals surface area contributed by atoms with Crippen LogP contribution in [0.4, 0.5) is 0 Å². The summed E-state index contributed by atoms with van der Waals surface area (Å²) >= 11 is 0. The average molecular weight is 323 g/mol. The molecule has 8 aliphatic carbocycles. The summed E-state index contributed by atoms with van der Waals surface area (Å²) in [6, 6.07) is 0. The van der Waals surface area contributed by atoms with Gasteiger partial charge in [-0.15, -0.1) is 0 Å². The minimum Gasteiger partial charge on any atom is -0.0585 e. The maximum absolute atomic E-state index is 2.82. The molecule has 0 aromatic carbocycles. The SMILES string of the molecule is CC12C3CCCC3C1(C)C1CC2C2C1C1(C)C3CC4CC(C43)C21C. The van der Waals surface area contributed by atoms with Crippen LogP contribution < -0.4 is 0 Å². The largest absolute Gasteiger partial charge is 0.0585 e. The molecule has 0 amide bonds. The Hall–Kier alpha value is 0. The van der Waals surface area contributed by atoms with Crippen LogP contribution in [0.5, 0.6) is 0 Å². The van der Waals surface area contributed by atoms with Crippen LogP contribution in [-0.2, 0) is 0 Å². The monoisotopic (exact) mass is 322 g/mol. The lowest BCUT2D eigenvalue weighted by Crippen LogP contribution is -2.75. The molecule has 0 heterocycles. The zero-order valence-corrected chi connectivity index (χ0v) is 16.0. The van der Waals surface area contributed by atoms with E-state index in [4.69, 9.17) is 0 Å². The number of fused-ring (bicyclic) bond motifs is 16. The van der Waals surface area contributed by atoms with Crippen molar-refractivity contribution >= 4 is 0 Å². The van der Waals surface area contributed by atoms with Crippen LogP contribution >= 0.6 is 0 Å². The molecule has 130 valence electrons. The maximum Gasteiger partial charge on any atom is -0.0201 e. The van der Waals surface area contributed by atoms with E-state index in [0.29, 0.717) is 0 Å². The van der Waals surface area contributed by atoms with E-state index in [2.05, 4.69) is 27.7 Å². The van der Waals surface area contributed by atoms with Crippen molar-refractivity contribution in [3.63, 3.8) is 0 Å². The highest BCUT2D eigenvalue weighted by molar-refractivity contribution is 5.40. The van der Waals surface area contributed by atoms with Crippen molar-refractivity contribution in [3.8, 4) is 0 Å². The van der Waals surface area contributed by atoms with Gasteiger partial charge in [0.1, 0.15) is 0 Å². The van der Waals surface area contributed by atoms with Gasteiger partial charge in [-0.05, 0) is 113 Å². The van der Waals surface area contributed by atoms with Gasteiger partial charge in [-0.3, -0.25) is 0 Å². The van der Waals surface area contributed by atoms with Crippen molar-refractivity contribution in [2.24, 2.45) is 80.8 Å². The third kappa shape index (κ3) is 0.773. The fourth-order valence-corrected chi connectivity index (χ4v) is 13.5. The summed E-state index contributed by atoms with van der Waals surface area (Å²) in [6.45, 7) is 11.2. The van der Waals surface area contributed by atoms with E-state index in [1.54, 1.807) is 38.5 Å². The van der Waals surface area contributed by atoms with Crippen molar-refractivity contribution < 1.29 is 0 Å². The van der Waals surface area contributed by atoms with Crippen LogP contribution in [0.2, 0.25) is 0 Å². The zero-order chi connectivity index (χ0) is 16.0. The third-order valence-electron chi connectivity index (χ3n) is 14.2. The predicted octanol–water partition coefficient (Wildman–Crippen LogP) is 5.62. The zero-order valence-electron chi connectivity index (χ0n) is 16.0. The highest BCUT2D eigenvalue weighted by atomic mass is 15.0. The van der Waals surface area contributed by atoms with Crippen molar-refractivity contribution in [2.45, 2.75) is 66.2 Å². The molecule has 0 aliphatic heterocycles. The maximum atomic E-state index is 2.82. The average Bonchev–Trinajstić information content (AvgIpc) is 3.20. The highest BCUT2D eigenvalue weighted by Crippen LogP contribution is 2.98. The van der Waals surface area contributed by atoms with Crippen LogP contribution in [0.3, 0.4) is 0 Å². The molecule has 12 unspecified atom stereocenters. The smallest absolute Gasteiger partial charge is 0.0201 e. The molecule has 24 heavy (non-hydrogen) atoms. The molecule has 8 saturated carbocycles. The molecule has 0 nitrogen and oxygen atoms in total. The predicted molar refractivity (Wildman–Crippen MR) is 95.0 cm³/mol. The van der Waals surface area contributed by atoms with Crippen LogP contribution in [0, 0.1) is 80.8 Å². The van der Waals surface area contributed by atoms with Crippen molar-refractivity contribution in [3.05, 3.63) is 0 Å². The first-order chi connectivity index (χ1) is 11.4. The Morgan fingerprint density at radius 1 is 0.542 bits per heavy atom. The minimum atomic E-state index is 0.745. The van der Waals surface area contributed by atoms with E-state index in [1.165, 1.54) is 11.8 Å². The first-order valence-corrected chi connectivity index (χ1v) is 11.4. The molecular weight excluding hydrogens is 288 g/mol. The van der Waals surface area contributed by atoms with Gasteiger partial charge in [-0.1, -0.05) is 34.1 Å². The van der Waals surface area contributed by atoms with E-state index in [1.807, 2.05) is 0 Å². The van der Waals surface area contributed by atoms with Gasteiger partial charge in [0, 0.05) is 0 Å². The second kappa shape index (κ2) is 3.09. The van der Waals surface area contributed by atoms with E-state index >= 15 is 0 Å². The van der Waals surface area contributed by atoms with Gasteiger partial charge in [0.15, 0.2) is 0 Å². The fourth-order valence-electron chi connectivity index (χ4n) is 13.5. The summed E-state index contributed by atoms with van der Waals surface area (Å²) in [5, 5.41) is 0. The molecule has 0 heteroatoms. The molecule has 2 bridgehead atoms. The lowest BCUT2D eigenvalue weighted by atomic mass is 9.25. The molecule has 0 saturated heterocycles. The van der Waals surface area contributed by atoms with Crippen molar-refractivity contribution in [1.29, 1.82) is 0 Å². The van der Waals surface area contributed by atoms with Gasteiger partial charge in [0.25, 0.3) is 0 Å². The van der Waals surface area contributed by atoms with Gasteiger partial charge < -0.3 is 0 Å². The molecule has 0 radical (unpaired) electrons. The molecule has 0 N–H and O–H groups in total. The van der Waals surface area contributed by atoms with Gasteiger partial charge >= 0.3 is 0 Å². The molecule has 12 atom stereocenters. The Balaban J connectivity index is 1.32. The lowest BCUT2D eigenvalue weighted by Gasteiger charge is -2.79. The Morgan fingerprint density at radius 3 is 1.50 bits per heavy atom. The highest BCUT2D eigenvalue weighted by Gasteiger charge is 2.93. The Morgan fingerprint density at radius 2 is 1.04 bits per heavy atom. The van der Waals surface area contributed by atoms with Crippen molar-refractivity contribution in [1.82, 2.24) is 0 Å². The van der Waals surface area contributed by atoms with Crippen LogP contribution in [0.25, 0.3) is 0 Å². The summed E-state index contributed by atoms with van der Waals surface area (Å²) < 4.78 is 0. The van der Waals surface area contributed by atoms with Crippen LogP contribution in [0.15, 0.2) is 0 Å². The van der Waals surface area contributed by atoms with Crippen LogP contribution in [0.1, 0.15) is 66.2 Å². The van der Waals surface area contributed by atoms with Gasteiger partial charge in [-0.25, -0.2) is 0 Å². The molecule has 8 fully saturated rings. The normalized spacial score (nSPS) is 83.5. The van der Waals surface area contributed by atoms with E-state index in [-0.39, 0.29) is 0 Å².